The van der Waals surface area contributed by atoms with Gasteiger partial charge in [-0.3, -0.25) is 4.79 Å². The van der Waals surface area contributed by atoms with Gasteiger partial charge in [-0.05, 0) is 36.4 Å². The molecule has 0 bridgehead atoms. The van der Waals surface area contributed by atoms with Crippen LogP contribution in [0, 0.1) is 0 Å². The Morgan fingerprint density at radius 2 is 1.88 bits per heavy atom. The van der Waals surface area contributed by atoms with Crippen LogP contribution >= 0.6 is 35.6 Å². The highest BCUT2D eigenvalue weighted by Gasteiger charge is 2.22. The maximum Gasteiger partial charge on any atom is 0.263 e. The van der Waals surface area contributed by atoms with E-state index in [1.54, 1.807) is 24.3 Å². The van der Waals surface area contributed by atoms with Gasteiger partial charge in [0.25, 0.3) is 5.91 Å². The molecule has 1 heterocycles. The number of benzene rings is 2. The summed E-state index contributed by atoms with van der Waals surface area (Å²) in [7, 11) is 0. The third-order valence-electron chi connectivity index (χ3n) is 3.25. The van der Waals surface area contributed by atoms with E-state index in [9.17, 15) is 4.79 Å². The highest BCUT2D eigenvalue weighted by atomic mass is 35.5. The van der Waals surface area contributed by atoms with Crippen molar-refractivity contribution in [2.24, 2.45) is 0 Å². The van der Waals surface area contributed by atoms with Crippen molar-refractivity contribution < 1.29 is 14.3 Å². The standard InChI is InChI=1S/C18H14ClNO3S2/c19-13-6-7-15(23-9-8-22-14-4-2-1-3-5-14)12(10-13)11-16-17(21)20-18(24)25-16/h1-7,10-11H,8-9H2,(H,20,21,24). The highest BCUT2D eigenvalue weighted by Crippen LogP contribution is 2.31. The number of hydrogen-bond acceptors (Lipinski definition) is 5. The van der Waals surface area contributed by atoms with Gasteiger partial charge in [0.1, 0.15) is 29.0 Å². The summed E-state index contributed by atoms with van der Waals surface area (Å²) in [6.45, 7) is 0.770. The van der Waals surface area contributed by atoms with E-state index in [-0.39, 0.29) is 5.91 Å². The lowest BCUT2D eigenvalue weighted by atomic mass is 10.2. The van der Waals surface area contributed by atoms with Gasteiger partial charge in [0.05, 0.1) is 4.91 Å². The number of halogens is 1. The summed E-state index contributed by atoms with van der Waals surface area (Å²) >= 11 is 12.3. The number of hydrogen-bond donors (Lipinski definition) is 1. The van der Waals surface area contributed by atoms with Crippen LogP contribution in [-0.2, 0) is 4.79 Å². The first-order valence-corrected chi connectivity index (χ1v) is 9.07. The molecule has 0 radical (unpaired) electrons. The number of nitrogens with one attached hydrogen (secondary N) is 1. The summed E-state index contributed by atoms with van der Waals surface area (Å²) in [5, 5.41) is 3.15. The molecule has 0 aliphatic carbocycles. The van der Waals surface area contributed by atoms with Gasteiger partial charge in [0.15, 0.2) is 0 Å². The van der Waals surface area contributed by atoms with E-state index in [0.29, 0.717) is 33.2 Å². The summed E-state index contributed by atoms with van der Waals surface area (Å²) < 4.78 is 11.8. The summed E-state index contributed by atoms with van der Waals surface area (Å²) in [6, 6.07) is 14.8. The van der Waals surface area contributed by atoms with Gasteiger partial charge in [0, 0.05) is 10.6 Å². The average molecular weight is 392 g/mol. The number of thioether (sulfide) groups is 1. The van der Waals surface area contributed by atoms with Crippen LogP contribution in [-0.4, -0.2) is 23.4 Å². The molecule has 1 saturated heterocycles. The van der Waals surface area contributed by atoms with E-state index in [4.69, 9.17) is 33.3 Å². The average Bonchev–Trinajstić information content (AvgIpc) is 2.91. The van der Waals surface area contributed by atoms with E-state index >= 15 is 0 Å². The predicted molar refractivity (Wildman–Crippen MR) is 105 cm³/mol. The Morgan fingerprint density at radius 3 is 2.60 bits per heavy atom. The lowest BCUT2D eigenvalue weighted by Crippen LogP contribution is -2.17. The molecule has 1 aliphatic rings. The molecule has 0 unspecified atom stereocenters. The molecule has 1 fully saturated rings. The van der Waals surface area contributed by atoms with Crippen LogP contribution in [0.5, 0.6) is 11.5 Å². The molecule has 1 amide bonds. The second-order valence-corrected chi connectivity index (χ2v) is 7.20. The minimum Gasteiger partial charge on any atom is -0.490 e. The molecule has 4 nitrogen and oxygen atoms in total. The number of thiocarbonyl (C=S) groups is 1. The molecule has 0 atom stereocenters. The predicted octanol–water partition coefficient (Wildman–Crippen LogP) is 4.29. The molecule has 1 aliphatic heterocycles. The zero-order chi connectivity index (χ0) is 17.6. The molecule has 25 heavy (non-hydrogen) atoms. The van der Waals surface area contributed by atoms with E-state index in [2.05, 4.69) is 5.32 Å². The lowest BCUT2D eigenvalue weighted by molar-refractivity contribution is -0.115. The maximum atomic E-state index is 11.8. The summed E-state index contributed by atoms with van der Waals surface area (Å²) in [4.78, 5) is 12.3. The molecule has 0 spiro atoms. The van der Waals surface area contributed by atoms with Gasteiger partial charge in [-0.2, -0.15) is 0 Å². The van der Waals surface area contributed by atoms with Crippen molar-refractivity contribution >= 4 is 51.9 Å². The molecule has 128 valence electrons. The molecule has 1 N–H and O–H groups in total. The van der Waals surface area contributed by atoms with Crippen LogP contribution < -0.4 is 14.8 Å². The fraction of sp³-hybridized carbons (Fsp3) is 0.111. The largest absolute Gasteiger partial charge is 0.490 e. The zero-order valence-corrected chi connectivity index (χ0v) is 15.4. The SMILES string of the molecule is O=C1NC(=S)SC1=Cc1cc(Cl)ccc1OCCOc1ccccc1. The molecule has 2 aromatic rings. The van der Waals surface area contributed by atoms with Gasteiger partial charge < -0.3 is 14.8 Å². The minimum absolute atomic E-state index is 0.215. The maximum absolute atomic E-state index is 11.8. The van der Waals surface area contributed by atoms with E-state index in [1.807, 2.05) is 30.3 Å². The molecular formula is C18H14ClNO3S2. The first kappa shape index (κ1) is 17.8. The fourth-order valence-electron chi connectivity index (χ4n) is 2.15. The van der Waals surface area contributed by atoms with Gasteiger partial charge >= 0.3 is 0 Å². The Labute approximate surface area is 160 Å². The second kappa shape index (κ2) is 8.38. The van der Waals surface area contributed by atoms with Crippen LogP contribution in [0.2, 0.25) is 5.02 Å². The topological polar surface area (TPSA) is 47.6 Å². The van der Waals surface area contributed by atoms with Crippen LogP contribution in [0.3, 0.4) is 0 Å². The Bertz CT molecular complexity index is 824. The Morgan fingerprint density at radius 1 is 1.12 bits per heavy atom. The first-order valence-electron chi connectivity index (χ1n) is 7.47. The van der Waals surface area contributed by atoms with Crippen molar-refractivity contribution in [1.29, 1.82) is 0 Å². The van der Waals surface area contributed by atoms with Crippen LogP contribution in [0.4, 0.5) is 0 Å². The van der Waals surface area contributed by atoms with Crippen LogP contribution in [0.25, 0.3) is 6.08 Å². The van der Waals surface area contributed by atoms with Crippen molar-refractivity contribution in [3.8, 4) is 11.5 Å². The van der Waals surface area contributed by atoms with Crippen molar-refractivity contribution in [2.45, 2.75) is 0 Å². The smallest absolute Gasteiger partial charge is 0.263 e. The summed E-state index contributed by atoms with van der Waals surface area (Å²) in [5.41, 5.74) is 0.717. The van der Waals surface area contributed by atoms with Gasteiger partial charge in [0.2, 0.25) is 0 Å². The molecular weight excluding hydrogens is 378 g/mol. The van der Waals surface area contributed by atoms with E-state index < -0.39 is 0 Å². The molecule has 2 aromatic carbocycles. The third-order valence-corrected chi connectivity index (χ3v) is 4.65. The normalized spacial score (nSPS) is 15.3. The number of ether oxygens (including phenoxy) is 2. The second-order valence-electron chi connectivity index (χ2n) is 5.04. The number of amides is 1. The van der Waals surface area contributed by atoms with Crippen LogP contribution in [0.1, 0.15) is 5.56 Å². The number of carbonyl (C=O) groups is 1. The number of rotatable bonds is 6. The summed E-state index contributed by atoms with van der Waals surface area (Å²) in [5.74, 6) is 1.20. The highest BCUT2D eigenvalue weighted by molar-refractivity contribution is 8.26. The van der Waals surface area contributed by atoms with Crippen molar-refractivity contribution in [3.63, 3.8) is 0 Å². The van der Waals surface area contributed by atoms with Gasteiger partial charge in [-0.25, -0.2) is 0 Å². The Hall–Kier alpha value is -2.02. The molecule has 0 aromatic heterocycles. The third kappa shape index (κ3) is 4.98. The molecule has 3 rings (SSSR count). The Balaban J connectivity index is 1.66. The number of carbonyl (C=O) groups excluding carboxylic acids is 1. The first-order chi connectivity index (χ1) is 12.1. The fourth-order valence-corrected chi connectivity index (χ4v) is 3.37. The zero-order valence-electron chi connectivity index (χ0n) is 13.0. The number of para-hydroxylation sites is 1. The van der Waals surface area contributed by atoms with Crippen LogP contribution in [0.15, 0.2) is 53.4 Å². The van der Waals surface area contributed by atoms with Crippen molar-refractivity contribution in [1.82, 2.24) is 5.32 Å². The van der Waals surface area contributed by atoms with Crippen molar-refractivity contribution in [2.75, 3.05) is 13.2 Å². The van der Waals surface area contributed by atoms with Gasteiger partial charge in [-0.15, -0.1) is 0 Å². The monoisotopic (exact) mass is 391 g/mol. The Kier molecular flexibility index (Phi) is 5.96. The van der Waals surface area contributed by atoms with Crippen molar-refractivity contribution in [3.05, 3.63) is 64.0 Å². The van der Waals surface area contributed by atoms with E-state index in [0.717, 1.165) is 11.3 Å². The van der Waals surface area contributed by atoms with Gasteiger partial charge in [-0.1, -0.05) is 53.8 Å². The quantitative estimate of drug-likeness (QED) is 0.452. The van der Waals surface area contributed by atoms with E-state index in [1.165, 1.54) is 11.8 Å². The minimum atomic E-state index is -0.215. The molecule has 0 saturated carbocycles. The lowest BCUT2D eigenvalue weighted by Gasteiger charge is -2.11. The summed E-state index contributed by atoms with van der Waals surface area (Å²) in [6.07, 6.45) is 1.72. The molecule has 7 heteroatoms.